The van der Waals surface area contributed by atoms with Crippen molar-refractivity contribution in [2.24, 2.45) is 18.9 Å². The van der Waals surface area contributed by atoms with Crippen LogP contribution in [0.2, 0.25) is 0 Å². The van der Waals surface area contributed by atoms with Gasteiger partial charge in [0, 0.05) is 25.6 Å². The Morgan fingerprint density at radius 2 is 2.05 bits per heavy atom. The molecule has 0 aliphatic rings. The van der Waals surface area contributed by atoms with Gasteiger partial charge in [-0.05, 0) is 30.7 Å². The smallest absolute Gasteiger partial charge is 0.269 e. The number of nitrogens with zero attached hydrogens (tertiary/aromatic N) is 2. The van der Waals surface area contributed by atoms with Gasteiger partial charge in [0.2, 0.25) is 0 Å². The van der Waals surface area contributed by atoms with E-state index in [1.165, 1.54) is 0 Å². The molecule has 22 heavy (non-hydrogen) atoms. The molecular formula is C17H31N3O2. The van der Waals surface area contributed by atoms with E-state index in [9.17, 15) is 4.79 Å². The topological polar surface area (TPSA) is 67.2 Å². The van der Waals surface area contributed by atoms with Crippen molar-refractivity contribution < 1.29 is 9.90 Å². The lowest BCUT2D eigenvalue weighted by Gasteiger charge is -2.18. The molecule has 1 heterocycles. The zero-order chi connectivity index (χ0) is 16.9. The van der Waals surface area contributed by atoms with Gasteiger partial charge in [0.1, 0.15) is 5.69 Å². The summed E-state index contributed by atoms with van der Waals surface area (Å²) in [6, 6.07) is 1.86. The number of hydrogen-bond acceptors (Lipinski definition) is 3. The molecule has 1 aromatic heterocycles. The van der Waals surface area contributed by atoms with Crippen molar-refractivity contribution in [2.45, 2.75) is 52.9 Å². The lowest BCUT2D eigenvalue weighted by Crippen LogP contribution is -2.31. The molecule has 5 heteroatoms. The van der Waals surface area contributed by atoms with Gasteiger partial charge in [-0.15, -0.1) is 0 Å². The molecule has 0 aromatic carbocycles. The summed E-state index contributed by atoms with van der Waals surface area (Å²) in [7, 11) is 1.80. The number of nitrogens with one attached hydrogen (secondary N) is 1. The van der Waals surface area contributed by atoms with E-state index in [0.717, 1.165) is 18.5 Å². The molecule has 0 saturated heterocycles. The monoisotopic (exact) mass is 309 g/mol. The third kappa shape index (κ3) is 5.44. The van der Waals surface area contributed by atoms with Crippen LogP contribution in [-0.2, 0) is 12.5 Å². The van der Waals surface area contributed by atoms with Gasteiger partial charge in [0.15, 0.2) is 0 Å². The summed E-state index contributed by atoms with van der Waals surface area (Å²) >= 11 is 0. The normalized spacial score (nSPS) is 13.5. The highest BCUT2D eigenvalue weighted by molar-refractivity contribution is 5.92. The Balaban J connectivity index is 2.70. The first kappa shape index (κ1) is 18.7. The maximum atomic E-state index is 12.4. The lowest BCUT2D eigenvalue weighted by molar-refractivity contribution is 0.0932. The molecule has 1 amide bonds. The molecule has 0 fully saturated rings. The van der Waals surface area contributed by atoms with Gasteiger partial charge in [0.05, 0.1) is 5.69 Å². The molecule has 1 rings (SSSR count). The van der Waals surface area contributed by atoms with E-state index in [1.807, 2.05) is 6.07 Å². The Morgan fingerprint density at radius 1 is 1.41 bits per heavy atom. The van der Waals surface area contributed by atoms with Gasteiger partial charge in [-0.2, -0.15) is 5.10 Å². The maximum absolute atomic E-state index is 12.4. The summed E-state index contributed by atoms with van der Waals surface area (Å²) in [5.74, 6) is 0.763. The van der Waals surface area contributed by atoms with Gasteiger partial charge in [-0.25, -0.2) is 0 Å². The van der Waals surface area contributed by atoms with Crippen molar-refractivity contribution in [3.8, 4) is 0 Å². The summed E-state index contributed by atoms with van der Waals surface area (Å²) < 4.78 is 1.64. The van der Waals surface area contributed by atoms with E-state index < -0.39 is 0 Å². The molecule has 1 aromatic rings. The van der Waals surface area contributed by atoms with Gasteiger partial charge < -0.3 is 10.4 Å². The SMILES string of the molecule is CC(C)CC(CCO)CNC(=O)c1cc(C(C)(C)C)nn1C. The van der Waals surface area contributed by atoms with Crippen molar-refractivity contribution in [1.82, 2.24) is 15.1 Å². The number of amides is 1. The van der Waals surface area contributed by atoms with Crippen LogP contribution in [0.15, 0.2) is 6.07 Å². The maximum Gasteiger partial charge on any atom is 0.269 e. The Bertz CT molecular complexity index is 487. The predicted molar refractivity (Wildman–Crippen MR) is 88.9 cm³/mol. The summed E-state index contributed by atoms with van der Waals surface area (Å²) in [4.78, 5) is 12.4. The van der Waals surface area contributed by atoms with Crippen molar-refractivity contribution in [1.29, 1.82) is 0 Å². The minimum Gasteiger partial charge on any atom is -0.396 e. The minimum absolute atomic E-state index is 0.0760. The zero-order valence-electron chi connectivity index (χ0n) is 14.8. The summed E-state index contributed by atoms with van der Waals surface area (Å²) in [5.41, 5.74) is 1.42. The molecule has 5 nitrogen and oxygen atoms in total. The van der Waals surface area contributed by atoms with E-state index in [1.54, 1.807) is 11.7 Å². The molecule has 0 spiro atoms. The van der Waals surface area contributed by atoms with Gasteiger partial charge >= 0.3 is 0 Å². The second-order valence-electron chi connectivity index (χ2n) is 7.51. The van der Waals surface area contributed by atoms with E-state index in [4.69, 9.17) is 5.11 Å². The number of aryl methyl sites for hydroxylation is 1. The highest BCUT2D eigenvalue weighted by Crippen LogP contribution is 2.21. The Morgan fingerprint density at radius 3 is 2.50 bits per heavy atom. The van der Waals surface area contributed by atoms with E-state index >= 15 is 0 Å². The first-order valence-corrected chi connectivity index (χ1v) is 8.08. The summed E-state index contributed by atoms with van der Waals surface area (Å²) in [6.45, 7) is 11.3. The molecule has 0 saturated carbocycles. The van der Waals surface area contributed by atoms with Crippen LogP contribution in [0.25, 0.3) is 0 Å². The number of carbonyl (C=O) groups excluding carboxylic acids is 1. The van der Waals surface area contributed by atoms with Gasteiger partial charge in [0.25, 0.3) is 5.91 Å². The summed E-state index contributed by atoms with van der Waals surface area (Å²) in [5, 5.41) is 16.6. The zero-order valence-corrected chi connectivity index (χ0v) is 14.8. The first-order chi connectivity index (χ1) is 10.1. The summed E-state index contributed by atoms with van der Waals surface area (Å²) in [6.07, 6.45) is 1.72. The highest BCUT2D eigenvalue weighted by Gasteiger charge is 2.22. The molecular weight excluding hydrogens is 278 g/mol. The number of hydrogen-bond donors (Lipinski definition) is 2. The van der Waals surface area contributed by atoms with Gasteiger partial charge in [-0.1, -0.05) is 34.6 Å². The molecule has 0 radical (unpaired) electrons. The van der Waals surface area contributed by atoms with E-state index in [0.29, 0.717) is 24.1 Å². The quantitative estimate of drug-likeness (QED) is 0.813. The Kier molecular flexibility index (Phi) is 6.60. The molecule has 0 bridgehead atoms. The fourth-order valence-corrected chi connectivity index (χ4v) is 2.53. The second kappa shape index (κ2) is 7.77. The number of aliphatic hydroxyl groups excluding tert-OH is 1. The third-order valence-corrected chi connectivity index (χ3v) is 3.77. The molecule has 1 atom stereocenters. The average Bonchev–Trinajstić information content (AvgIpc) is 2.77. The fourth-order valence-electron chi connectivity index (χ4n) is 2.53. The number of carbonyl (C=O) groups is 1. The van der Waals surface area contributed by atoms with Crippen molar-refractivity contribution in [3.05, 3.63) is 17.5 Å². The lowest BCUT2D eigenvalue weighted by atomic mass is 9.92. The first-order valence-electron chi connectivity index (χ1n) is 8.08. The Labute approximate surface area is 134 Å². The molecule has 0 aliphatic heterocycles. The molecule has 0 aliphatic carbocycles. The van der Waals surface area contributed by atoms with Crippen LogP contribution in [0.5, 0.6) is 0 Å². The predicted octanol–water partition coefficient (Wildman–Crippen LogP) is 2.49. The van der Waals surface area contributed by atoms with Crippen LogP contribution in [0.1, 0.15) is 63.6 Å². The van der Waals surface area contributed by atoms with E-state index in [-0.39, 0.29) is 17.9 Å². The largest absolute Gasteiger partial charge is 0.396 e. The van der Waals surface area contributed by atoms with E-state index in [2.05, 4.69) is 45.0 Å². The van der Waals surface area contributed by atoms with Crippen LogP contribution in [0, 0.1) is 11.8 Å². The average molecular weight is 309 g/mol. The van der Waals surface area contributed by atoms with Crippen LogP contribution in [-0.4, -0.2) is 33.9 Å². The molecule has 2 N–H and O–H groups in total. The Hall–Kier alpha value is -1.36. The minimum atomic E-state index is -0.0998. The standard InChI is InChI=1S/C17H31N3O2/c1-12(2)9-13(7-8-21)11-18-16(22)14-10-15(17(3,4)5)19-20(14)6/h10,12-13,21H,7-9,11H2,1-6H3,(H,18,22). The van der Waals surface area contributed by atoms with Crippen molar-refractivity contribution in [2.75, 3.05) is 13.2 Å². The van der Waals surface area contributed by atoms with Crippen molar-refractivity contribution in [3.63, 3.8) is 0 Å². The van der Waals surface area contributed by atoms with Crippen LogP contribution in [0.4, 0.5) is 0 Å². The van der Waals surface area contributed by atoms with Crippen molar-refractivity contribution >= 4 is 5.91 Å². The fraction of sp³-hybridized carbons (Fsp3) is 0.765. The van der Waals surface area contributed by atoms with Crippen LogP contribution >= 0.6 is 0 Å². The van der Waals surface area contributed by atoms with Gasteiger partial charge in [-0.3, -0.25) is 9.48 Å². The second-order valence-corrected chi connectivity index (χ2v) is 7.51. The molecule has 1 unspecified atom stereocenters. The number of rotatable bonds is 7. The third-order valence-electron chi connectivity index (χ3n) is 3.77. The number of aliphatic hydroxyl groups is 1. The highest BCUT2D eigenvalue weighted by atomic mass is 16.3. The molecule has 126 valence electrons. The van der Waals surface area contributed by atoms with Crippen LogP contribution in [0.3, 0.4) is 0 Å². The van der Waals surface area contributed by atoms with Crippen LogP contribution < -0.4 is 5.32 Å². The number of aromatic nitrogens is 2.